The normalized spacial score (nSPS) is 28.7. The number of methoxy groups -OCH3 is 1. The van der Waals surface area contributed by atoms with Gasteiger partial charge < -0.3 is 14.4 Å². The average molecular weight is 317 g/mol. The molecule has 0 bridgehead atoms. The fraction of sp³-hybridized carbons (Fsp3) is 0.714. The van der Waals surface area contributed by atoms with Crippen molar-refractivity contribution in [2.24, 2.45) is 5.92 Å². The van der Waals surface area contributed by atoms with Gasteiger partial charge in [-0.25, -0.2) is 9.97 Å². The average Bonchev–Trinajstić information content (AvgIpc) is 2.89. The molecule has 1 aliphatic carbocycles. The van der Waals surface area contributed by atoms with Gasteiger partial charge in [0.15, 0.2) is 0 Å². The quantitative estimate of drug-likeness (QED) is 0.855. The van der Waals surface area contributed by atoms with Gasteiger partial charge in [-0.3, -0.25) is 0 Å². The van der Waals surface area contributed by atoms with Crippen molar-refractivity contribution in [1.82, 2.24) is 9.97 Å². The lowest BCUT2D eigenvalue weighted by molar-refractivity contribution is -0.141. The molecule has 0 N–H and O–H groups in total. The van der Waals surface area contributed by atoms with Gasteiger partial charge in [-0.1, -0.05) is 0 Å². The third-order valence-corrected chi connectivity index (χ3v) is 4.27. The first kappa shape index (κ1) is 15.5. The van der Waals surface area contributed by atoms with Crippen LogP contribution in [0, 0.1) is 5.92 Å². The summed E-state index contributed by atoms with van der Waals surface area (Å²) < 4.78 is 49.4. The third kappa shape index (κ3) is 3.03. The highest BCUT2D eigenvalue weighted by Crippen LogP contribution is 2.37. The van der Waals surface area contributed by atoms with Crippen LogP contribution >= 0.6 is 0 Å². The van der Waals surface area contributed by atoms with Crippen LogP contribution < -0.4 is 4.90 Å². The summed E-state index contributed by atoms with van der Waals surface area (Å²) in [4.78, 5) is 9.27. The molecular formula is C14H18F3N3O2. The monoisotopic (exact) mass is 317 g/mol. The van der Waals surface area contributed by atoms with Crippen LogP contribution in [0.2, 0.25) is 0 Å². The minimum atomic E-state index is -4.46. The van der Waals surface area contributed by atoms with Gasteiger partial charge >= 0.3 is 6.18 Å². The standard InChI is InChI=1S/C14H18F3N3O2/c1-21-7-9-4-10-11(5-9)22-3-2-20(10)13-6-12(14(15,16)17)18-8-19-13/h6,8-11H,2-5,7H2,1H3. The van der Waals surface area contributed by atoms with E-state index in [0.717, 1.165) is 25.2 Å². The van der Waals surface area contributed by atoms with Crippen LogP contribution in [0.3, 0.4) is 0 Å². The summed E-state index contributed by atoms with van der Waals surface area (Å²) in [6.07, 6.45) is -1.75. The van der Waals surface area contributed by atoms with E-state index < -0.39 is 11.9 Å². The van der Waals surface area contributed by atoms with E-state index in [0.29, 0.717) is 31.5 Å². The minimum absolute atomic E-state index is 0.0261. The first-order valence-corrected chi connectivity index (χ1v) is 7.25. The Morgan fingerprint density at radius 3 is 2.91 bits per heavy atom. The number of fused-ring (bicyclic) bond motifs is 1. The molecule has 2 heterocycles. The van der Waals surface area contributed by atoms with Gasteiger partial charge in [0.05, 0.1) is 18.8 Å². The van der Waals surface area contributed by atoms with Gasteiger partial charge in [-0.2, -0.15) is 13.2 Å². The molecule has 0 aromatic carbocycles. The predicted octanol–water partition coefficient (Wildman–Crippen LogP) is 2.13. The second-order valence-electron chi connectivity index (χ2n) is 5.72. The molecule has 0 spiro atoms. The number of anilines is 1. The number of aromatic nitrogens is 2. The number of ether oxygens (including phenoxy) is 2. The molecule has 3 atom stereocenters. The second kappa shape index (κ2) is 6.00. The summed E-state index contributed by atoms with van der Waals surface area (Å²) in [6, 6.07) is 1.07. The molecule has 5 nitrogen and oxygen atoms in total. The number of morpholine rings is 1. The Morgan fingerprint density at radius 1 is 1.36 bits per heavy atom. The van der Waals surface area contributed by atoms with Gasteiger partial charge in [-0.15, -0.1) is 0 Å². The molecule has 0 radical (unpaired) electrons. The van der Waals surface area contributed by atoms with Gasteiger partial charge in [-0.05, 0) is 18.8 Å². The van der Waals surface area contributed by atoms with Gasteiger partial charge in [0.1, 0.15) is 17.8 Å². The van der Waals surface area contributed by atoms with Gasteiger partial charge in [0, 0.05) is 26.3 Å². The van der Waals surface area contributed by atoms with Crippen LogP contribution in [0.5, 0.6) is 0 Å². The number of nitrogens with zero attached hydrogens (tertiary/aromatic N) is 3. The first-order chi connectivity index (χ1) is 10.5. The molecule has 2 fully saturated rings. The molecule has 3 rings (SSSR count). The predicted molar refractivity (Wildman–Crippen MR) is 72.5 cm³/mol. The summed E-state index contributed by atoms with van der Waals surface area (Å²) in [5.74, 6) is 0.684. The third-order valence-electron chi connectivity index (χ3n) is 4.27. The van der Waals surface area contributed by atoms with Crippen LogP contribution in [-0.2, 0) is 15.7 Å². The first-order valence-electron chi connectivity index (χ1n) is 7.25. The van der Waals surface area contributed by atoms with E-state index in [1.54, 1.807) is 7.11 Å². The zero-order valence-electron chi connectivity index (χ0n) is 12.2. The molecule has 122 valence electrons. The highest BCUT2D eigenvalue weighted by Gasteiger charge is 2.42. The highest BCUT2D eigenvalue weighted by molar-refractivity contribution is 5.42. The van der Waals surface area contributed by atoms with Crippen molar-refractivity contribution in [1.29, 1.82) is 0 Å². The smallest absolute Gasteiger partial charge is 0.384 e. The molecule has 0 amide bonds. The fourth-order valence-corrected chi connectivity index (χ4v) is 3.37. The zero-order valence-corrected chi connectivity index (χ0v) is 12.2. The maximum atomic E-state index is 12.8. The van der Waals surface area contributed by atoms with Crippen molar-refractivity contribution in [2.75, 3.05) is 31.8 Å². The Labute approximate surface area is 126 Å². The molecular weight excluding hydrogens is 299 g/mol. The zero-order chi connectivity index (χ0) is 15.7. The van der Waals surface area contributed by atoms with E-state index in [-0.39, 0.29) is 12.1 Å². The molecule has 2 aliphatic rings. The maximum absolute atomic E-state index is 12.8. The second-order valence-corrected chi connectivity index (χ2v) is 5.72. The lowest BCUT2D eigenvalue weighted by atomic mass is 10.1. The molecule has 1 aromatic rings. The molecule has 8 heteroatoms. The number of hydrogen-bond acceptors (Lipinski definition) is 5. The largest absolute Gasteiger partial charge is 0.433 e. The lowest BCUT2D eigenvalue weighted by Crippen LogP contribution is -2.49. The summed E-state index contributed by atoms with van der Waals surface area (Å²) in [5.41, 5.74) is -0.910. The molecule has 22 heavy (non-hydrogen) atoms. The Kier molecular flexibility index (Phi) is 4.22. The minimum Gasteiger partial charge on any atom is -0.384 e. The van der Waals surface area contributed by atoms with Crippen molar-refractivity contribution in [2.45, 2.75) is 31.2 Å². The van der Waals surface area contributed by atoms with E-state index in [1.165, 1.54) is 0 Å². The molecule has 1 aliphatic heterocycles. The van der Waals surface area contributed by atoms with E-state index >= 15 is 0 Å². The van der Waals surface area contributed by atoms with E-state index in [9.17, 15) is 13.2 Å². The van der Waals surface area contributed by atoms with Crippen LogP contribution in [0.25, 0.3) is 0 Å². The Morgan fingerprint density at radius 2 is 2.18 bits per heavy atom. The van der Waals surface area contributed by atoms with Crippen molar-refractivity contribution < 1.29 is 22.6 Å². The molecule has 3 unspecified atom stereocenters. The topological polar surface area (TPSA) is 47.5 Å². The van der Waals surface area contributed by atoms with Crippen LogP contribution in [0.4, 0.5) is 19.0 Å². The molecule has 1 saturated carbocycles. The fourth-order valence-electron chi connectivity index (χ4n) is 3.37. The van der Waals surface area contributed by atoms with Crippen LogP contribution in [-0.4, -0.2) is 49.0 Å². The van der Waals surface area contributed by atoms with E-state index in [2.05, 4.69) is 9.97 Å². The Bertz CT molecular complexity index is 526. The SMILES string of the molecule is COCC1CC2OCCN(c3cc(C(F)(F)F)ncn3)C2C1. The van der Waals surface area contributed by atoms with Crippen molar-refractivity contribution in [3.63, 3.8) is 0 Å². The highest BCUT2D eigenvalue weighted by atomic mass is 19.4. The van der Waals surface area contributed by atoms with Crippen LogP contribution in [0.1, 0.15) is 18.5 Å². The summed E-state index contributed by atoms with van der Waals surface area (Å²) in [7, 11) is 1.65. The number of hydrogen-bond donors (Lipinski definition) is 0. The van der Waals surface area contributed by atoms with Crippen molar-refractivity contribution >= 4 is 5.82 Å². The Balaban J connectivity index is 1.82. The van der Waals surface area contributed by atoms with Crippen molar-refractivity contribution in [3.05, 3.63) is 18.1 Å². The number of rotatable bonds is 3. The number of alkyl halides is 3. The summed E-state index contributed by atoms with van der Waals surface area (Å²) in [5, 5.41) is 0. The van der Waals surface area contributed by atoms with Gasteiger partial charge in [0.2, 0.25) is 0 Å². The van der Waals surface area contributed by atoms with Crippen LogP contribution in [0.15, 0.2) is 12.4 Å². The number of halogens is 3. The van der Waals surface area contributed by atoms with E-state index in [1.807, 2.05) is 4.90 Å². The van der Waals surface area contributed by atoms with Crippen molar-refractivity contribution in [3.8, 4) is 0 Å². The Hall–Kier alpha value is -1.41. The maximum Gasteiger partial charge on any atom is 0.433 e. The molecule has 1 saturated heterocycles. The lowest BCUT2D eigenvalue weighted by Gasteiger charge is -2.38. The molecule has 1 aromatic heterocycles. The summed E-state index contributed by atoms with van der Waals surface area (Å²) >= 11 is 0. The summed E-state index contributed by atoms with van der Waals surface area (Å²) in [6.45, 7) is 1.67. The van der Waals surface area contributed by atoms with E-state index in [4.69, 9.17) is 9.47 Å². The van der Waals surface area contributed by atoms with Gasteiger partial charge in [0.25, 0.3) is 0 Å².